The van der Waals surface area contributed by atoms with Gasteiger partial charge < -0.3 is 5.32 Å². The highest BCUT2D eigenvalue weighted by atomic mass is 35.5. The van der Waals surface area contributed by atoms with Gasteiger partial charge in [-0.25, -0.2) is 0 Å². The Morgan fingerprint density at radius 1 is 0.970 bits per heavy atom. The molecule has 3 rings (SSSR count). The molecule has 168 valence electrons. The number of nitrogens with one attached hydrogen (secondary N) is 1. The van der Waals surface area contributed by atoms with E-state index in [0.29, 0.717) is 21.8 Å². The van der Waals surface area contributed by atoms with Crippen molar-refractivity contribution in [2.24, 2.45) is 5.92 Å². The fraction of sp³-hybridized carbons (Fsp3) is 0.154. The van der Waals surface area contributed by atoms with Gasteiger partial charge in [0.15, 0.2) is 5.78 Å². The second-order valence-corrected chi connectivity index (χ2v) is 8.29. The number of para-hydroxylation sites is 1. The number of carbonyl (C=O) groups excluding carboxylic acids is 2. The molecule has 33 heavy (non-hydrogen) atoms. The molecule has 0 aromatic heterocycles. The summed E-state index contributed by atoms with van der Waals surface area (Å²) in [7, 11) is 0. The quantitative estimate of drug-likeness (QED) is 0.178. The van der Waals surface area contributed by atoms with Gasteiger partial charge in [0, 0.05) is 22.3 Å². The van der Waals surface area contributed by atoms with E-state index in [1.54, 1.807) is 54.6 Å². The summed E-state index contributed by atoms with van der Waals surface area (Å²) in [6.07, 6.45) is 2.72. The third-order valence-electron chi connectivity index (χ3n) is 5.16. The van der Waals surface area contributed by atoms with E-state index in [4.69, 9.17) is 11.6 Å². The van der Waals surface area contributed by atoms with Crippen LogP contribution in [0.15, 0.2) is 78.9 Å². The molecule has 0 aliphatic rings. The van der Waals surface area contributed by atoms with E-state index in [0.717, 1.165) is 5.56 Å². The predicted octanol–water partition coefficient (Wildman–Crippen LogP) is 6.52. The van der Waals surface area contributed by atoms with E-state index in [-0.39, 0.29) is 29.2 Å². The van der Waals surface area contributed by atoms with Crippen molar-refractivity contribution in [1.82, 2.24) is 0 Å². The molecule has 0 saturated carbocycles. The monoisotopic (exact) mass is 462 g/mol. The topological polar surface area (TPSA) is 89.3 Å². The van der Waals surface area contributed by atoms with Crippen LogP contribution in [0.2, 0.25) is 5.02 Å². The number of benzene rings is 3. The first-order valence-electron chi connectivity index (χ1n) is 10.4. The Kier molecular flexibility index (Phi) is 7.74. The zero-order valence-electron chi connectivity index (χ0n) is 18.2. The molecule has 1 unspecified atom stereocenters. The number of halogens is 1. The molecular weight excluding hydrogens is 440 g/mol. The molecule has 3 aromatic carbocycles. The van der Waals surface area contributed by atoms with E-state index < -0.39 is 4.92 Å². The summed E-state index contributed by atoms with van der Waals surface area (Å²) >= 11 is 5.96. The van der Waals surface area contributed by atoms with Crippen molar-refractivity contribution in [3.05, 3.63) is 111 Å². The van der Waals surface area contributed by atoms with Crippen molar-refractivity contribution < 1.29 is 14.5 Å². The highest BCUT2D eigenvalue weighted by Crippen LogP contribution is 2.27. The maximum Gasteiger partial charge on any atom is 0.276 e. The second kappa shape index (κ2) is 10.7. The van der Waals surface area contributed by atoms with Gasteiger partial charge in [-0.3, -0.25) is 19.7 Å². The summed E-state index contributed by atoms with van der Waals surface area (Å²) in [5.41, 5.74) is 2.13. The summed E-state index contributed by atoms with van der Waals surface area (Å²) < 4.78 is 0. The molecule has 6 nitrogen and oxygen atoms in total. The molecule has 7 heteroatoms. The number of ketones is 1. The standard InChI is InChI=1S/C26H23ClN2O4/c1-17(2)25(20-7-12-21(27)13-8-20)26(31)28-22-14-9-19(10-15-22)24(30)16-11-18-5-3-4-6-23(18)29(32)33/h3-17,25H,1-2H3,(H,28,31)/b16-11-. The van der Waals surface area contributed by atoms with Crippen LogP contribution in [0.25, 0.3) is 6.08 Å². The van der Waals surface area contributed by atoms with Gasteiger partial charge in [-0.05, 0) is 66.1 Å². The van der Waals surface area contributed by atoms with Gasteiger partial charge >= 0.3 is 0 Å². The molecule has 1 atom stereocenters. The Morgan fingerprint density at radius 3 is 2.21 bits per heavy atom. The third-order valence-corrected chi connectivity index (χ3v) is 5.41. The number of amides is 1. The summed E-state index contributed by atoms with van der Waals surface area (Å²) in [4.78, 5) is 36.0. The van der Waals surface area contributed by atoms with E-state index in [2.05, 4.69) is 5.32 Å². The number of nitro benzene ring substituents is 1. The molecule has 0 spiro atoms. The number of nitro groups is 1. The first-order chi connectivity index (χ1) is 15.8. The van der Waals surface area contributed by atoms with Crippen LogP contribution in [-0.4, -0.2) is 16.6 Å². The van der Waals surface area contributed by atoms with Crippen molar-refractivity contribution in [2.45, 2.75) is 19.8 Å². The first-order valence-corrected chi connectivity index (χ1v) is 10.8. The number of allylic oxidation sites excluding steroid dienone is 1. The summed E-state index contributed by atoms with van der Waals surface area (Å²) in [6.45, 7) is 3.95. The number of anilines is 1. The van der Waals surface area contributed by atoms with Crippen LogP contribution in [-0.2, 0) is 4.79 Å². The van der Waals surface area contributed by atoms with Gasteiger partial charge in [0.2, 0.25) is 5.91 Å². The SMILES string of the molecule is CC(C)C(C(=O)Nc1ccc(C(=O)/C=C\c2ccccc2[N+](=O)[O-])cc1)c1ccc(Cl)cc1. The average Bonchev–Trinajstić information content (AvgIpc) is 2.79. The fourth-order valence-electron chi connectivity index (χ4n) is 3.50. The lowest BCUT2D eigenvalue weighted by Crippen LogP contribution is -2.25. The highest BCUT2D eigenvalue weighted by molar-refractivity contribution is 6.30. The van der Waals surface area contributed by atoms with Gasteiger partial charge in [-0.15, -0.1) is 0 Å². The van der Waals surface area contributed by atoms with Crippen molar-refractivity contribution in [2.75, 3.05) is 5.32 Å². The van der Waals surface area contributed by atoms with Gasteiger partial charge in [-0.1, -0.05) is 49.7 Å². The second-order valence-electron chi connectivity index (χ2n) is 7.85. The van der Waals surface area contributed by atoms with E-state index >= 15 is 0 Å². The van der Waals surface area contributed by atoms with Gasteiger partial charge in [0.1, 0.15) is 0 Å². The maximum atomic E-state index is 12.9. The van der Waals surface area contributed by atoms with Crippen molar-refractivity contribution in [3.8, 4) is 0 Å². The zero-order valence-corrected chi connectivity index (χ0v) is 19.0. The Morgan fingerprint density at radius 2 is 1.61 bits per heavy atom. The van der Waals surface area contributed by atoms with Crippen molar-refractivity contribution >= 4 is 40.7 Å². The molecular formula is C26H23ClN2O4. The summed E-state index contributed by atoms with van der Waals surface area (Å²) in [5.74, 6) is -0.734. The lowest BCUT2D eigenvalue weighted by molar-refractivity contribution is -0.385. The number of rotatable bonds is 8. The molecule has 1 amide bonds. The highest BCUT2D eigenvalue weighted by Gasteiger charge is 2.24. The number of hydrogen-bond donors (Lipinski definition) is 1. The Hall–Kier alpha value is -3.77. The molecule has 0 radical (unpaired) electrons. The molecule has 0 heterocycles. The Labute approximate surface area is 197 Å². The Bertz CT molecular complexity index is 1190. The van der Waals surface area contributed by atoms with E-state index in [1.807, 2.05) is 26.0 Å². The molecule has 0 saturated heterocycles. The lowest BCUT2D eigenvalue weighted by atomic mass is 9.87. The van der Waals surface area contributed by atoms with Crippen LogP contribution in [0.5, 0.6) is 0 Å². The molecule has 0 aliphatic heterocycles. The number of carbonyl (C=O) groups is 2. The molecule has 0 aliphatic carbocycles. The van der Waals surface area contributed by atoms with Crippen LogP contribution >= 0.6 is 11.6 Å². The lowest BCUT2D eigenvalue weighted by Gasteiger charge is -2.21. The largest absolute Gasteiger partial charge is 0.326 e. The van der Waals surface area contributed by atoms with E-state index in [1.165, 1.54) is 18.2 Å². The minimum Gasteiger partial charge on any atom is -0.326 e. The third kappa shape index (κ3) is 6.14. The summed E-state index contributed by atoms with van der Waals surface area (Å²) in [6, 6.07) is 19.9. The molecule has 0 fully saturated rings. The fourth-order valence-corrected chi connectivity index (χ4v) is 3.63. The molecule has 3 aromatic rings. The van der Waals surface area contributed by atoms with Crippen LogP contribution < -0.4 is 5.32 Å². The predicted molar refractivity (Wildman–Crippen MR) is 131 cm³/mol. The molecule has 1 N–H and O–H groups in total. The maximum absolute atomic E-state index is 12.9. The molecule has 0 bridgehead atoms. The average molecular weight is 463 g/mol. The number of nitrogens with zero attached hydrogens (tertiary/aromatic N) is 1. The zero-order chi connectivity index (χ0) is 24.0. The van der Waals surface area contributed by atoms with Crippen LogP contribution in [0, 0.1) is 16.0 Å². The van der Waals surface area contributed by atoms with Crippen LogP contribution in [0.3, 0.4) is 0 Å². The summed E-state index contributed by atoms with van der Waals surface area (Å²) in [5, 5.41) is 14.6. The minimum absolute atomic E-state index is 0.0687. The van der Waals surface area contributed by atoms with E-state index in [9.17, 15) is 19.7 Å². The first kappa shape index (κ1) is 23.9. The van der Waals surface area contributed by atoms with Gasteiger partial charge in [0.25, 0.3) is 5.69 Å². The van der Waals surface area contributed by atoms with Crippen molar-refractivity contribution in [3.63, 3.8) is 0 Å². The number of hydrogen-bond acceptors (Lipinski definition) is 4. The smallest absolute Gasteiger partial charge is 0.276 e. The normalized spacial score (nSPS) is 12.0. The van der Waals surface area contributed by atoms with Gasteiger partial charge in [-0.2, -0.15) is 0 Å². The van der Waals surface area contributed by atoms with Crippen molar-refractivity contribution in [1.29, 1.82) is 0 Å². The van der Waals surface area contributed by atoms with Crippen LogP contribution in [0.4, 0.5) is 11.4 Å². The minimum atomic E-state index is -0.490. The van der Waals surface area contributed by atoms with Crippen LogP contribution in [0.1, 0.15) is 41.3 Å². The van der Waals surface area contributed by atoms with Gasteiger partial charge in [0.05, 0.1) is 16.4 Å². The Balaban J connectivity index is 1.70.